The molecule has 1 fully saturated rings. The van der Waals surface area contributed by atoms with Crippen LogP contribution in [0.5, 0.6) is 0 Å². The Morgan fingerprint density at radius 1 is 1.47 bits per heavy atom. The van der Waals surface area contributed by atoms with Gasteiger partial charge >= 0.3 is 0 Å². The number of ether oxygens (including phenoxy) is 1. The molecular formula is C15H22N2O2. The van der Waals surface area contributed by atoms with Crippen LogP contribution in [0.3, 0.4) is 0 Å². The molecule has 0 bridgehead atoms. The van der Waals surface area contributed by atoms with Gasteiger partial charge in [-0.1, -0.05) is 18.6 Å². The van der Waals surface area contributed by atoms with E-state index in [9.17, 15) is 4.79 Å². The zero-order chi connectivity index (χ0) is 13.5. The number of piperidine rings is 1. The van der Waals surface area contributed by atoms with E-state index in [1.54, 1.807) is 0 Å². The molecule has 2 rings (SSSR count). The molecule has 1 aromatic rings. The summed E-state index contributed by atoms with van der Waals surface area (Å²) in [6, 6.07) is 8.16. The normalized spacial score (nSPS) is 19.1. The molecule has 0 aliphatic carbocycles. The average Bonchev–Trinajstić information content (AvgIpc) is 2.40. The van der Waals surface area contributed by atoms with Crippen molar-refractivity contribution in [2.75, 3.05) is 25.1 Å². The molecule has 4 heteroatoms. The number of hydrogen-bond donors (Lipinski definition) is 2. The number of amides is 1. The van der Waals surface area contributed by atoms with Crippen molar-refractivity contribution in [3.05, 3.63) is 29.8 Å². The van der Waals surface area contributed by atoms with Gasteiger partial charge in [0.15, 0.2) is 0 Å². The fraction of sp³-hybridized carbons (Fsp3) is 0.533. The third-order valence-corrected chi connectivity index (χ3v) is 3.27. The third kappa shape index (κ3) is 5.01. The zero-order valence-corrected chi connectivity index (χ0v) is 11.4. The highest BCUT2D eigenvalue weighted by Gasteiger charge is 2.13. The van der Waals surface area contributed by atoms with Gasteiger partial charge in [0.2, 0.25) is 5.91 Å². The number of carbonyl (C=O) groups excluding carboxylic acids is 1. The Hall–Kier alpha value is -1.39. The smallest absolute Gasteiger partial charge is 0.250 e. The van der Waals surface area contributed by atoms with Gasteiger partial charge in [0.1, 0.15) is 6.61 Å². The van der Waals surface area contributed by atoms with Crippen LogP contribution in [-0.2, 0) is 9.53 Å². The number of benzene rings is 1. The Balaban J connectivity index is 1.67. The van der Waals surface area contributed by atoms with Crippen molar-refractivity contribution in [2.24, 2.45) is 0 Å². The molecule has 1 aliphatic heterocycles. The molecule has 1 aromatic carbocycles. The summed E-state index contributed by atoms with van der Waals surface area (Å²) < 4.78 is 5.46. The SMILES string of the molecule is Cc1cccc(NC(=O)COCC2CCCCN2)c1. The predicted molar refractivity (Wildman–Crippen MR) is 76.3 cm³/mol. The Morgan fingerprint density at radius 3 is 3.11 bits per heavy atom. The van der Waals surface area contributed by atoms with Crippen molar-refractivity contribution in [1.29, 1.82) is 0 Å². The zero-order valence-electron chi connectivity index (χ0n) is 11.4. The number of nitrogens with one attached hydrogen (secondary N) is 2. The first-order chi connectivity index (χ1) is 9.24. The maximum Gasteiger partial charge on any atom is 0.250 e. The number of carbonyl (C=O) groups is 1. The lowest BCUT2D eigenvalue weighted by molar-refractivity contribution is -0.120. The molecule has 1 heterocycles. The molecule has 0 radical (unpaired) electrons. The molecule has 4 nitrogen and oxygen atoms in total. The van der Waals surface area contributed by atoms with Crippen LogP contribution in [0.4, 0.5) is 5.69 Å². The fourth-order valence-corrected chi connectivity index (χ4v) is 2.28. The molecule has 2 N–H and O–H groups in total. The van der Waals surface area contributed by atoms with Crippen molar-refractivity contribution in [3.63, 3.8) is 0 Å². The molecule has 1 unspecified atom stereocenters. The molecule has 0 aromatic heterocycles. The predicted octanol–water partition coefficient (Wildman–Crippen LogP) is 2.09. The van der Waals surface area contributed by atoms with Crippen molar-refractivity contribution in [2.45, 2.75) is 32.2 Å². The largest absolute Gasteiger partial charge is 0.370 e. The summed E-state index contributed by atoms with van der Waals surface area (Å²) in [6.45, 7) is 3.79. The van der Waals surface area contributed by atoms with Crippen LogP contribution in [0.2, 0.25) is 0 Å². The average molecular weight is 262 g/mol. The lowest BCUT2D eigenvalue weighted by atomic mass is 10.1. The van der Waals surface area contributed by atoms with Crippen LogP contribution in [0.15, 0.2) is 24.3 Å². The summed E-state index contributed by atoms with van der Waals surface area (Å²) in [4.78, 5) is 11.7. The Labute approximate surface area is 114 Å². The summed E-state index contributed by atoms with van der Waals surface area (Å²) in [6.07, 6.45) is 3.63. The van der Waals surface area contributed by atoms with Crippen molar-refractivity contribution in [1.82, 2.24) is 5.32 Å². The molecule has 1 saturated heterocycles. The summed E-state index contributed by atoms with van der Waals surface area (Å²) in [5.41, 5.74) is 1.95. The minimum absolute atomic E-state index is 0.0959. The molecule has 104 valence electrons. The van der Waals surface area contributed by atoms with E-state index in [1.807, 2.05) is 31.2 Å². The number of hydrogen-bond acceptors (Lipinski definition) is 3. The summed E-state index contributed by atoms with van der Waals surface area (Å²) >= 11 is 0. The highest BCUT2D eigenvalue weighted by Crippen LogP contribution is 2.10. The van der Waals surface area contributed by atoms with Gasteiger partial charge in [-0.2, -0.15) is 0 Å². The fourth-order valence-electron chi connectivity index (χ4n) is 2.28. The monoisotopic (exact) mass is 262 g/mol. The molecule has 1 aliphatic rings. The Morgan fingerprint density at radius 2 is 2.37 bits per heavy atom. The minimum atomic E-state index is -0.0959. The quantitative estimate of drug-likeness (QED) is 0.854. The second kappa shape index (κ2) is 7.26. The van der Waals surface area contributed by atoms with Crippen molar-refractivity contribution in [3.8, 4) is 0 Å². The van der Waals surface area contributed by atoms with Crippen LogP contribution in [-0.4, -0.2) is 31.7 Å². The van der Waals surface area contributed by atoms with Gasteiger partial charge in [0, 0.05) is 11.7 Å². The van der Waals surface area contributed by atoms with Crippen molar-refractivity contribution >= 4 is 11.6 Å². The summed E-state index contributed by atoms with van der Waals surface area (Å²) in [7, 11) is 0. The second-order valence-electron chi connectivity index (χ2n) is 5.08. The van der Waals surface area contributed by atoms with E-state index in [4.69, 9.17) is 4.74 Å². The lowest BCUT2D eigenvalue weighted by Crippen LogP contribution is -2.38. The van der Waals surface area contributed by atoms with Crippen LogP contribution in [0.1, 0.15) is 24.8 Å². The third-order valence-electron chi connectivity index (χ3n) is 3.27. The van der Waals surface area contributed by atoms with Gasteiger partial charge < -0.3 is 15.4 Å². The van der Waals surface area contributed by atoms with Crippen LogP contribution >= 0.6 is 0 Å². The summed E-state index contributed by atoms with van der Waals surface area (Å²) in [5.74, 6) is -0.0959. The summed E-state index contributed by atoms with van der Waals surface area (Å²) in [5, 5.41) is 6.23. The molecular weight excluding hydrogens is 240 g/mol. The van der Waals surface area contributed by atoms with Crippen LogP contribution < -0.4 is 10.6 Å². The van der Waals surface area contributed by atoms with Crippen LogP contribution in [0.25, 0.3) is 0 Å². The van der Waals surface area contributed by atoms with Gasteiger partial charge in [0.25, 0.3) is 0 Å². The van der Waals surface area contributed by atoms with E-state index >= 15 is 0 Å². The Bertz CT molecular complexity index is 414. The van der Waals surface area contributed by atoms with E-state index in [2.05, 4.69) is 10.6 Å². The highest BCUT2D eigenvalue weighted by atomic mass is 16.5. The van der Waals surface area contributed by atoms with Crippen molar-refractivity contribution < 1.29 is 9.53 Å². The van der Waals surface area contributed by atoms with E-state index in [0.29, 0.717) is 12.6 Å². The molecule has 1 amide bonds. The molecule has 19 heavy (non-hydrogen) atoms. The van der Waals surface area contributed by atoms with E-state index in [0.717, 1.165) is 24.2 Å². The standard InChI is InChI=1S/C15H22N2O2/c1-12-5-4-7-13(9-12)17-15(18)11-19-10-14-6-2-3-8-16-14/h4-5,7,9,14,16H,2-3,6,8,10-11H2,1H3,(H,17,18). The molecule has 0 saturated carbocycles. The van der Waals surface area contributed by atoms with Gasteiger partial charge in [-0.25, -0.2) is 0 Å². The number of rotatable bonds is 5. The van der Waals surface area contributed by atoms with Gasteiger partial charge in [0.05, 0.1) is 6.61 Å². The number of aryl methyl sites for hydroxylation is 1. The highest BCUT2D eigenvalue weighted by molar-refractivity contribution is 5.91. The van der Waals surface area contributed by atoms with Gasteiger partial charge in [-0.05, 0) is 44.0 Å². The topological polar surface area (TPSA) is 50.4 Å². The van der Waals surface area contributed by atoms with Gasteiger partial charge in [-0.15, -0.1) is 0 Å². The first-order valence-corrected chi connectivity index (χ1v) is 6.92. The van der Waals surface area contributed by atoms with E-state index < -0.39 is 0 Å². The lowest BCUT2D eigenvalue weighted by Gasteiger charge is -2.23. The molecule has 0 spiro atoms. The first kappa shape index (κ1) is 14.0. The van der Waals surface area contributed by atoms with Crippen LogP contribution in [0, 0.1) is 6.92 Å². The first-order valence-electron chi connectivity index (χ1n) is 6.92. The maximum atomic E-state index is 11.7. The number of anilines is 1. The molecule has 1 atom stereocenters. The van der Waals surface area contributed by atoms with E-state index in [1.165, 1.54) is 12.8 Å². The Kier molecular flexibility index (Phi) is 5.36. The van der Waals surface area contributed by atoms with Gasteiger partial charge in [-0.3, -0.25) is 4.79 Å². The maximum absolute atomic E-state index is 11.7. The van der Waals surface area contributed by atoms with E-state index in [-0.39, 0.29) is 12.5 Å². The second-order valence-corrected chi connectivity index (χ2v) is 5.08. The minimum Gasteiger partial charge on any atom is -0.370 e.